The maximum atomic E-state index is 12.1. The van der Waals surface area contributed by atoms with Crippen LogP contribution in [0.5, 0.6) is 5.75 Å². The van der Waals surface area contributed by atoms with Crippen LogP contribution in [0.1, 0.15) is 6.92 Å². The summed E-state index contributed by atoms with van der Waals surface area (Å²) in [6, 6.07) is 14.7. The minimum absolute atomic E-state index is 0.198. The molecule has 1 amide bonds. The molecule has 2 aromatic carbocycles. The number of rotatable bonds is 5. The molecule has 1 atom stereocenters. The number of thioether (sulfide) groups is 1. The molecule has 110 valence electrons. The van der Waals surface area contributed by atoms with E-state index < -0.39 is 6.10 Å². The lowest BCUT2D eigenvalue weighted by Gasteiger charge is -2.16. The minimum Gasteiger partial charge on any atom is -0.480 e. The molecular formula is C16H18N2O2S. The number of carbonyl (C=O) groups is 1. The van der Waals surface area contributed by atoms with Gasteiger partial charge in [0.05, 0.1) is 0 Å². The van der Waals surface area contributed by atoms with Gasteiger partial charge in [0, 0.05) is 16.3 Å². The van der Waals surface area contributed by atoms with Gasteiger partial charge >= 0.3 is 0 Å². The van der Waals surface area contributed by atoms with Crippen LogP contribution >= 0.6 is 11.8 Å². The highest BCUT2D eigenvalue weighted by Gasteiger charge is 2.16. The Morgan fingerprint density at radius 2 is 1.86 bits per heavy atom. The highest BCUT2D eigenvalue weighted by atomic mass is 32.2. The fourth-order valence-corrected chi connectivity index (χ4v) is 2.30. The Bertz CT molecular complexity index is 614. The van der Waals surface area contributed by atoms with Crippen LogP contribution in [0.3, 0.4) is 0 Å². The predicted octanol–water partition coefficient (Wildman–Crippen LogP) is 3.40. The molecule has 0 bridgehead atoms. The lowest BCUT2D eigenvalue weighted by Crippen LogP contribution is -2.30. The van der Waals surface area contributed by atoms with E-state index in [9.17, 15) is 4.79 Å². The molecule has 0 heterocycles. The summed E-state index contributed by atoms with van der Waals surface area (Å²) in [6.45, 7) is 1.73. The molecule has 0 saturated carbocycles. The average Bonchev–Trinajstić information content (AvgIpc) is 2.50. The number of benzene rings is 2. The molecule has 0 aliphatic heterocycles. The normalized spacial score (nSPS) is 11.7. The topological polar surface area (TPSA) is 64.3 Å². The second-order valence-electron chi connectivity index (χ2n) is 4.52. The van der Waals surface area contributed by atoms with Crippen molar-refractivity contribution >= 4 is 29.0 Å². The molecule has 0 aromatic heterocycles. The number of hydrogen-bond donors (Lipinski definition) is 2. The summed E-state index contributed by atoms with van der Waals surface area (Å²) in [6.07, 6.45) is 1.39. The van der Waals surface area contributed by atoms with Gasteiger partial charge in [-0.05, 0) is 49.6 Å². The smallest absolute Gasteiger partial charge is 0.265 e. The number of nitrogens with two attached hydrogens (primary N) is 1. The predicted molar refractivity (Wildman–Crippen MR) is 87.8 cm³/mol. The van der Waals surface area contributed by atoms with Gasteiger partial charge in [-0.1, -0.05) is 12.1 Å². The van der Waals surface area contributed by atoms with Crippen molar-refractivity contribution in [2.75, 3.05) is 17.3 Å². The van der Waals surface area contributed by atoms with Gasteiger partial charge in [-0.25, -0.2) is 0 Å². The van der Waals surface area contributed by atoms with Crippen molar-refractivity contribution in [3.8, 4) is 5.75 Å². The molecule has 0 saturated heterocycles. The van der Waals surface area contributed by atoms with Gasteiger partial charge in [0.15, 0.2) is 6.10 Å². The first-order valence-corrected chi connectivity index (χ1v) is 7.78. The summed E-state index contributed by atoms with van der Waals surface area (Å²) in [5, 5.41) is 2.80. The molecule has 0 radical (unpaired) electrons. The van der Waals surface area contributed by atoms with Crippen LogP contribution < -0.4 is 15.8 Å². The van der Waals surface area contributed by atoms with Crippen LogP contribution in [0, 0.1) is 0 Å². The van der Waals surface area contributed by atoms with Crippen molar-refractivity contribution in [2.24, 2.45) is 0 Å². The molecule has 0 spiro atoms. The molecule has 5 heteroatoms. The SMILES string of the molecule is CSc1ccccc1OC(C)C(=O)Nc1ccc(N)cc1. The first kappa shape index (κ1) is 15.3. The Labute approximate surface area is 128 Å². The zero-order valence-corrected chi connectivity index (χ0v) is 12.8. The van der Waals surface area contributed by atoms with E-state index in [1.165, 1.54) is 0 Å². The number of anilines is 2. The van der Waals surface area contributed by atoms with Crippen molar-refractivity contribution in [1.29, 1.82) is 0 Å². The first-order valence-electron chi connectivity index (χ1n) is 6.56. The Balaban J connectivity index is 2.01. The second kappa shape index (κ2) is 7.04. The fraction of sp³-hybridized carbons (Fsp3) is 0.188. The van der Waals surface area contributed by atoms with Gasteiger partial charge in [-0.15, -0.1) is 11.8 Å². The lowest BCUT2D eigenvalue weighted by atomic mass is 10.2. The molecular weight excluding hydrogens is 284 g/mol. The van der Waals surface area contributed by atoms with E-state index in [4.69, 9.17) is 10.5 Å². The Morgan fingerprint density at radius 1 is 1.19 bits per heavy atom. The van der Waals surface area contributed by atoms with Crippen LogP contribution in [0.15, 0.2) is 53.4 Å². The quantitative estimate of drug-likeness (QED) is 0.656. The Kier molecular flexibility index (Phi) is 5.11. The van der Waals surface area contributed by atoms with Gasteiger partial charge in [0.1, 0.15) is 5.75 Å². The lowest BCUT2D eigenvalue weighted by molar-refractivity contribution is -0.122. The van der Waals surface area contributed by atoms with Crippen LogP contribution in [0.4, 0.5) is 11.4 Å². The van der Waals surface area contributed by atoms with E-state index >= 15 is 0 Å². The maximum absolute atomic E-state index is 12.1. The number of carbonyl (C=O) groups excluding carboxylic acids is 1. The summed E-state index contributed by atoms with van der Waals surface area (Å²) in [5.41, 5.74) is 6.97. The van der Waals surface area contributed by atoms with E-state index in [1.54, 1.807) is 43.0 Å². The van der Waals surface area contributed by atoms with Gasteiger partial charge in [0.2, 0.25) is 0 Å². The van der Waals surface area contributed by atoms with Gasteiger partial charge in [-0.2, -0.15) is 0 Å². The molecule has 4 nitrogen and oxygen atoms in total. The molecule has 21 heavy (non-hydrogen) atoms. The zero-order valence-electron chi connectivity index (χ0n) is 12.0. The number of hydrogen-bond acceptors (Lipinski definition) is 4. The summed E-state index contributed by atoms with van der Waals surface area (Å²) in [5.74, 6) is 0.514. The summed E-state index contributed by atoms with van der Waals surface area (Å²) >= 11 is 1.58. The molecule has 0 aliphatic rings. The zero-order chi connectivity index (χ0) is 15.2. The largest absolute Gasteiger partial charge is 0.480 e. The van der Waals surface area contributed by atoms with Crippen LogP contribution in [0.25, 0.3) is 0 Å². The van der Waals surface area contributed by atoms with Crippen LogP contribution in [-0.2, 0) is 4.79 Å². The molecule has 1 unspecified atom stereocenters. The van der Waals surface area contributed by atoms with Gasteiger partial charge in [-0.3, -0.25) is 4.79 Å². The maximum Gasteiger partial charge on any atom is 0.265 e. The summed E-state index contributed by atoms with van der Waals surface area (Å²) < 4.78 is 5.74. The van der Waals surface area contributed by atoms with E-state index in [2.05, 4.69) is 5.32 Å². The van der Waals surface area contributed by atoms with E-state index in [1.807, 2.05) is 30.5 Å². The number of amides is 1. The standard InChI is InChI=1S/C16H18N2O2S/c1-11(20-14-5-3-4-6-15(14)21-2)16(19)18-13-9-7-12(17)8-10-13/h3-11H,17H2,1-2H3,(H,18,19). The monoisotopic (exact) mass is 302 g/mol. The summed E-state index contributed by atoms with van der Waals surface area (Å²) in [7, 11) is 0. The van der Waals surface area contributed by atoms with Crippen molar-refractivity contribution in [2.45, 2.75) is 17.9 Å². The fourth-order valence-electron chi connectivity index (χ4n) is 1.77. The van der Waals surface area contributed by atoms with E-state index in [0.717, 1.165) is 4.90 Å². The second-order valence-corrected chi connectivity index (χ2v) is 5.37. The third-order valence-corrected chi connectivity index (χ3v) is 3.70. The molecule has 3 N–H and O–H groups in total. The molecule has 2 aromatic rings. The molecule has 0 aliphatic carbocycles. The van der Waals surface area contributed by atoms with Gasteiger partial charge in [0.25, 0.3) is 5.91 Å². The van der Waals surface area contributed by atoms with Crippen LogP contribution in [0.2, 0.25) is 0 Å². The van der Waals surface area contributed by atoms with Crippen molar-refractivity contribution < 1.29 is 9.53 Å². The highest BCUT2D eigenvalue weighted by Crippen LogP contribution is 2.27. The van der Waals surface area contributed by atoms with Crippen molar-refractivity contribution in [1.82, 2.24) is 0 Å². The van der Waals surface area contributed by atoms with E-state index in [0.29, 0.717) is 17.1 Å². The third-order valence-electron chi connectivity index (χ3n) is 2.92. The Hall–Kier alpha value is -2.14. The Morgan fingerprint density at radius 3 is 2.52 bits per heavy atom. The minimum atomic E-state index is -0.587. The molecule has 2 rings (SSSR count). The van der Waals surface area contributed by atoms with Crippen LogP contribution in [-0.4, -0.2) is 18.3 Å². The first-order chi connectivity index (χ1) is 10.1. The van der Waals surface area contributed by atoms with Crippen molar-refractivity contribution in [3.63, 3.8) is 0 Å². The van der Waals surface area contributed by atoms with Gasteiger partial charge < -0.3 is 15.8 Å². The van der Waals surface area contributed by atoms with E-state index in [-0.39, 0.29) is 5.91 Å². The number of ether oxygens (including phenoxy) is 1. The highest BCUT2D eigenvalue weighted by molar-refractivity contribution is 7.98. The third kappa shape index (κ3) is 4.16. The summed E-state index contributed by atoms with van der Waals surface area (Å²) in [4.78, 5) is 13.1. The number of nitrogen functional groups attached to an aromatic ring is 1. The average molecular weight is 302 g/mol. The number of para-hydroxylation sites is 1. The van der Waals surface area contributed by atoms with Crippen molar-refractivity contribution in [3.05, 3.63) is 48.5 Å². The number of nitrogens with one attached hydrogen (secondary N) is 1. The molecule has 0 fully saturated rings.